The molecule has 1 aromatic rings. The maximum absolute atomic E-state index is 11.8. The molecule has 0 aromatic heterocycles. The first-order valence-corrected chi connectivity index (χ1v) is 7.11. The van der Waals surface area contributed by atoms with Crippen molar-refractivity contribution in [2.75, 3.05) is 11.1 Å². The first kappa shape index (κ1) is 15.7. The SMILES string of the molecule is CC(C)(C(=O)O)S(=O)CC(=O)Nc1ccccc1Cl. The van der Waals surface area contributed by atoms with Gasteiger partial charge in [-0.1, -0.05) is 23.7 Å². The lowest BCUT2D eigenvalue weighted by molar-refractivity contribution is -0.139. The smallest absolute Gasteiger partial charge is 0.321 e. The van der Waals surface area contributed by atoms with E-state index in [0.717, 1.165) is 0 Å². The summed E-state index contributed by atoms with van der Waals surface area (Å²) >= 11 is 5.86. The maximum Gasteiger partial charge on any atom is 0.321 e. The minimum absolute atomic E-state index is 0.360. The van der Waals surface area contributed by atoms with Gasteiger partial charge in [-0.2, -0.15) is 0 Å². The van der Waals surface area contributed by atoms with Gasteiger partial charge in [0.1, 0.15) is 10.5 Å². The molecule has 0 radical (unpaired) electrons. The Morgan fingerprint density at radius 2 is 1.95 bits per heavy atom. The fraction of sp³-hybridized carbons (Fsp3) is 0.333. The fourth-order valence-electron chi connectivity index (χ4n) is 1.15. The molecule has 0 bridgehead atoms. The zero-order valence-corrected chi connectivity index (χ0v) is 12.0. The van der Waals surface area contributed by atoms with Gasteiger partial charge in [0.2, 0.25) is 5.91 Å². The number of hydrogen-bond acceptors (Lipinski definition) is 3. The molecule has 104 valence electrons. The van der Waals surface area contributed by atoms with Gasteiger partial charge in [-0.25, -0.2) is 0 Å². The number of hydrogen-bond donors (Lipinski definition) is 2. The van der Waals surface area contributed by atoms with Crippen molar-refractivity contribution in [1.29, 1.82) is 0 Å². The number of carboxylic acid groups (broad SMARTS) is 1. The van der Waals surface area contributed by atoms with Gasteiger partial charge in [0.15, 0.2) is 0 Å². The van der Waals surface area contributed by atoms with Gasteiger partial charge in [0.25, 0.3) is 0 Å². The summed E-state index contributed by atoms with van der Waals surface area (Å²) in [5.74, 6) is -2.15. The Balaban J connectivity index is 2.70. The highest BCUT2D eigenvalue weighted by molar-refractivity contribution is 7.88. The van der Waals surface area contributed by atoms with Crippen molar-refractivity contribution in [2.24, 2.45) is 0 Å². The predicted octanol–water partition coefficient (Wildman–Crippen LogP) is 1.89. The minimum atomic E-state index is -1.83. The van der Waals surface area contributed by atoms with Gasteiger partial charge in [-0.05, 0) is 26.0 Å². The monoisotopic (exact) mass is 303 g/mol. The third-order valence-corrected chi connectivity index (χ3v) is 4.66. The molecule has 0 aliphatic carbocycles. The molecule has 0 aliphatic heterocycles. The summed E-state index contributed by atoms with van der Waals surface area (Å²) in [6.07, 6.45) is 0. The first-order chi connectivity index (χ1) is 8.75. The summed E-state index contributed by atoms with van der Waals surface area (Å²) in [7, 11) is -1.83. The third kappa shape index (κ3) is 4.04. The zero-order valence-electron chi connectivity index (χ0n) is 10.5. The molecule has 0 heterocycles. The summed E-state index contributed by atoms with van der Waals surface area (Å²) in [6.45, 7) is 2.63. The molecule has 5 nitrogen and oxygen atoms in total. The van der Waals surface area contributed by atoms with Crippen LogP contribution in [0.2, 0.25) is 5.02 Å². The normalized spacial score (nSPS) is 12.8. The largest absolute Gasteiger partial charge is 0.480 e. The van der Waals surface area contributed by atoms with E-state index in [2.05, 4.69) is 5.32 Å². The van der Waals surface area contributed by atoms with Crippen LogP contribution in [0, 0.1) is 0 Å². The van der Waals surface area contributed by atoms with Gasteiger partial charge in [-0.3, -0.25) is 13.8 Å². The average molecular weight is 304 g/mol. The molecule has 1 rings (SSSR count). The molecule has 19 heavy (non-hydrogen) atoms. The Morgan fingerprint density at radius 1 is 1.37 bits per heavy atom. The molecule has 7 heteroatoms. The second-order valence-electron chi connectivity index (χ2n) is 4.33. The molecule has 2 N–H and O–H groups in total. The number of para-hydroxylation sites is 1. The quantitative estimate of drug-likeness (QED) is 0.870. The average Bonchev–Trinajstić information content (AvgIpc) is 2.31. The number of halogens is 1. The summed E-state index contributed by atoms with van der Waals surface area (Å²) in [6, 6.07) is 6.62. The minimum Gasteiger partial charge on any atom is -0.480 e. The summed E-state index contributed by atoms with van der Waals surface area (Å²) < 4.78 is 10.4. The maximum atomic E-state index is 11.8. The first-order valence-electron chi connectivity index (χ1n) is 5.41. The topological polar surface area (TPSA) is 83.5 Å². The molecule has 1 aromatic carbocycles. The Morgan fingerprint density at radius 3 is 2.47 bits per heavy atom. The molecule has 0 aliphatic rings. The van der Waals surface area contributed by atoms with Crippen LogP contribution < -0.4 is 5.32 Å². The molecular formula is C12H14ClNO4S. The number of benzene rings is 1. The fourth-order valence-corrected chi connectivity index (χ4v) is 2.19. The molecule has 0 spiro atoms. The van der Waals surface area contributed by atoms with E-state index in [-0.39, 0.29) is 0 Å². The highest BCUT2D eigenvalue weighted by atomic mass is 35.5. The van der Waals surface area contributed by atoms with E-state index in [1.165, 1.54) is 13.8 Å². The van der Waals surface area contributed by atoms with E-state index < -0.39 is 33.2 Å². The molecule has 1 atom stereocenters. The molecule has 1 amide bonds. The second kappa shape index (κ2) is 6.16. The summed E-state index contributed by atoms with van der Waals surface area (Å²) in [5, 5.41) is 11.8. The van der Waals surface area contributed by atoms with Crippen molar-refractivity contribution in [3.05, 3.63) is 29.3 Å². The van der Waals surface area contributed by atoms with Crippen LogP contribution in [0.4, 0.5) is 5.69 Å². The Labute approximate surface area is 118 Å². The number of carboxylic acids is 1. The van der Waals surface area contributed by atoms with Gasteiger partial charge in [0.05, 0.1) is 10.7 Å². The third-order valence-electron chi connectivity index (χ3n) is 2.49. The summed E-state index contributed by atoms with van der Waals surface area (Å²) in [4.78, 5) is 22.6. The van der Waals surface area contributed by atoms with Crippen LogP contribution in [0.15, 0.2) is 24.3 Å². The second-order valence-corrected chi connectivity index (χ2v) is 6.74. The highest BCUT2D eigenvalue weighted by Gasteiger charge is 2.35. The van der Waals surface area contributed by atoms with Crippen LogP contribution in [0.5, 0.6) is 0 Å². The molecule has 0 fully saturated rings. The lowest BCUT2D eigenvalue weighted by Crippen LogP contribution is -2.40. The van der Waals surface area contributed by atoms with Gasteiger partial charge < -0.3 is 10.4 Å². The van der Waals surface area contributed by atoms with Crippen LogP contribution in [0.3, 0.4) is 0 Å². The number of nitrogens with one attached hydrogen (secondary N) is 1. The van der Waals surface area contributed by atoms with Crippen molar-refractivity contribution in [3.63, 3.8) is 0 Å². The van der Waals surface area contributed by atoms with E-state index in [4.69, 9.17) is 16.7 Å². The number of anilines is 1. The van der Waals surface area contributed by atoms with Gasteiger partial charge in [-0.15, -0.1) is 0 Å². The summed E-state index contributed by atoms with van der Waals surface area (Å²) in [5.41, 5.74) is 0.402. The number of carbonyl (C=O) groups is 2. The van der Waals surface area contributed by atoms with Crippen molar-refractivity contribution >= 4 is 40.0 Å². The van der Waals surface area contributed by atoms with E-state index >= 15 is 0 Å². The molecule has 1 unspecified atom stereocenters. The standard InChI is InChI=1S/C12H14ClNO4S/c1-12(2,11(16)17)19(18)7-10(15)14-9-6-4-3-5-8(9)13/h3-6H,7H2,1-2H3,(H,14,15)(H,16,17). The van der Waals surface area contributed by atoms with Crippen molar-refractivity contribution in [2.45, 2.75) is 18.6 Å². The molecule has 0 saturated carbocycles. The van der Waals surface area contributed by atoms with E-state index in [0.29, 0.717) is 10.7 Å². The lowest BCUT2D eigenvalue weighted by Gasteiger charge is -2.18. The van der Waals surface area contributed by atoms with Crippen molar-refractivity contribution < 1.29 is 18.9 Å². The van der Waals surface area contributed by atoms with Crippen LogP contribution in [0.1, 0.15) is 13.8 Å². The van der Waals surface area contributed by atoms with Gasteiger partial charge in [0, 0.05) is 10.8 Å². The number of aliphatic carboxylic acids is 1. The molecular weight excluding hydrogens is 290 g/mol. The Bertz CT molecular complexity index is 530. The van der Waals surface area contributed by atoms with E-state index in [9.17, 15) is 13.8 Å². The van der Waals surface area contributed by atoms with E-state index in [1.807, 2.05) is 0 Å². The number of carbonyl (C=O) groups excluding carboxylic acids is 1. The van der Waals surface area contributed by atoms with Crippen LogP contribution >= 0.6 is 11.6 Å². The Hall–Kier alpha value is -1.40. The number of amides is 1. The van der Waals surface area contributed by atoms with Crippen molar-refractivity contribution in [3.8, 4) is 0 Å². The van der Waals surface area contributed by atoms with Crippen LogP contribution in [0.25, 0.3) is 0 Å². The predicted molar refractivity (Wildman–Crippen MR) is 74.8 cm³/mol. The Kier molecular flexibility index (Phi) is 5.08. The zero-order chi connectivity index (χ0) is 14.6. The van der Waals surface area contributed by atoms with Crippen LogP contribution in [-0.2, 0) is 20.4 Å². The lowest BCUT2D eigenvalue weighted by atomic mass is 10.2. The molecule has 0 saturated heterocycles. The van der Waals surface area contributed by atoms with Crippen LogP contribution in [-0.4, -0.2) is 31.7 Å². The van der Waals surface area contributed by atoms with Crippen molar-refractivity contribution in [1.82, 2.24) is 0 Å². The van der Waals surface area contributed by atoms with E-state index in [1.54, 1.807) is 24.3 Å². The number of rotatable bonds is 5. The highest BCUT2D eigenvalue weighted by Crippen LogP contribution is 2.21. The van der Waals surface area contributed by atoms with Gasteiger partial charge >= 0.3 is 5.97 Å².